The summed E-state index contributed by atoms with van der Waals surface area (Å²) >= 11 is 5.89. The second-order valence-electron chi connectivity index (χ2n) is 4.36. The van der Waals surface area contributed by atoms with E-state index in [1.54, 1.807) is 32.2 Å². The minimum absolute atomic E-state index is 0.0612. The van der Waals surface area contributed by atoms with Crippen LogP contribution in [0.4, 0.5) is 0 Å². The predicted molar refractivity (Wildman–Crippen MR) is 72.0 cm³/mol. The Morgan fingerprint density at radius 2 is 2.22 bits per heavy atom. The third-order valence-electron chi connectivity index (χ3n) is 3.06. The van der Waals surface area contributed by atoms with Crippen molar-refractivity contribution in [2.45, 2.75) is 13.0 Å². The Hall–Kier alpha value is -1.52. The van der Waals surface area contributed by atoms with Crippen molar-refractivity contribution in [2.24, 2.45) is 0 Å². The van der Waals surface area contributed by atoms with Crippen molar-refractivity contribution in [1.29, 1.82) is 0 Å². The fourth-order valence-corrected chi connectivity index (χ4v) is 1.90. The van der Waals surface area contributed by atoms with E-state index in [1.807, 2.05) is 6.07 Å². The molecule has 1 unspecified atom stereocenters. The van der Waals surface area contributed by atoms with Crippen LogP contribution in [0.3, 0.4) is 0 Å². The number of nitrogens with zero attached hydrogens (tertiary/aromatic N) is 1. The van der Waals surface area contributed by atoms with Crippen LogP contribution in [0, 0.1) is 0 Å². The lowest BCUT2D eigenvalue weighted by molar-refractivity contribution is 0.0677. The highest BCUT2D eigenvalue weighted by molar-refractivity contribution is 6.31. The number of likely N-dealkylation sites (N-methyl/N-ethyl adjacent to an activating group) is 1. The second-order valence-corrected chi connectivity index (χ2v) is 4.80. The van der Waals surface area contributed by atoms with Gasteiger partial charge in [-0.15, -0.1) is 0 Å². The van der Waals surface area contributed by atoms with Crippen LogP contribution in [0.2, 0.25) is 5.02 Å². The highest BCUT2D eigenvalue weighted by atomic mass is 35.5. The SMILES string of the molecule is CC(CO)N(C)C(=O)c1cc2ccc(Cl)cc2[nH]1. The lowest BCUT2D eigenvalue weighted by Crippen LogP contribution is -2.37. The lowest BCUT2D eigenvalue weighted by atomic mass is 10.2. The van der Waals surface area contributed by atoms with Crippen LogP contribution in [0.25, 0.3) is 10.9 Å². The molecule has 1 atom stereocenters. The van der Waals surface area contributed by atoms with Gasteiger partial charge in [0, 0.05) is 23.0 Å². The Kier molecular flexibility index (Phi) is 3.59. The fourth-order valence-electron chi connectivity index (χ4n) is 1.73. The Labute approximate surface area is 110 Å². The summed E-state index contributed by atoms with van der Waals surface area (Å²) in [5, 5.41) is 10.6. The number of carbonyl (C=O) groups is 1. The largest absolute Gasteiger partial charge is 0.394 e. The number of halogens is 1. The highest BCUT2D eigenvalue weighted by Gasteiger charge is 2.18. The van der Waals surface area contributed by atoms with Crippen molar-refractivity contribution in [2.75, 3.05) is 13.7 Å². The van der Waals surface area contributed by atoms with Gasteiger partial charge in [0.25, 0.3) is 5.91 Å². The number of hydrogen-bond acceptors (Lipinski definition) is 2. The van der Waals surface area contributed by atoms with E-state index in [0.29, 0.717) is 10.7 Å². The van der Waals surface area contributed by atoms with Crippen LogP contribution in [0.15, 0.2) is 24.3 Å². The average Bonchev–Trinajstić information content (AvgIpc) is 2.78. The minimum Gasteiger partial charge on any atom is -0.394 e. The van der Waals surface area contributed by atoms with Crippen molar-refractivity contribution >= 4 is 28.4 Å². The fraction of sp³-hybridized carbons (Fsp3) is 0.308. The molecule has 2 aromatic rings. The molecule has 0 radical (unpaired) electrons. The first-order valence-corrected chi connectivity index (χ1v) is 6.07. The van der Waals surface area contributed by atoms with Crippen molar-refractivity contribution in [3.8, 4) is 0 Å². The van der Waals surface area contributed by atoms with Gasteiger partial charge in [-0.05, 0) is 25.1 Å². The number of aromatic amines is 1. The molecule has 5 heteroatoms. The Morgan fingerprint density at radius 3 is 2.89 bits per heavy atom. The molecule has 2 rings (SSSR count). The van der Waals surface area contributed by atoms with E-state index in [-0.39, 0.29) is 18.6 Å². The number of H-pyrrole nitrogens is 1. The molecule has 0 fully saturated rings. The summed E-state index contributed by atoms with van der Waals surface area (Å²) in [6, 6.07) is 7.00. The predicted octanol–water partition coefficient (Wildman–Crippen LogP) is 2.27. The molecule has 0 bridgehead atoms. The van der Waals surface area contributed by atoms with E-state index < -0.39 is 0 Å². The van der Waals surface area contributed by atoms with E-state index in [2.05, 4.69) is 4.98 Å². The van der Waals surface area contributed by atoms with Crippen LogP contribution >= 0.6 is 11.6 Å². The van der Waals surface area contributed by atoms with Crippen LogP contribution < -0.4 is 0 Å². The first-order chi connectivity index (χ1) is 8.52. The molecule has 0 saturated carbocycles. The van der Waals surface area contributed by atoms with E-state index in [1.165, 1.54) is 4.90 Å². The number of aliphatic hydroxyl groups excluding tert-OH is 1. The zero-order valence-electron chi connectivity index (χ0n) is 10.3. The molecule has 0 saturated heterocycles. The maximum absolute atomic E-state index is 12.2. The number of rotatable bonds is 3. The van der Waals surface area contributed by atoms with Crippen LogP contribution in [-0.2, 0) is 0 Å². The summed E-state index contributed by atoms with van der Waals surface area (Å²) in [5.74, 6) is -0.149. The molecule has 0 aliphatic heterocycles. The number of benzene rings is 1. The maximum Gasteiger partial charge on any atom is 0.270 e. The Morgan fingerprint density at radius 1 is 1.50 bits per heavy atom. The standard InChI is InChI=1S/C13H15ClN2O2/c1-8(7-17)16(2)13(18)12-5-9-3-4-10(14)6-11(9)15-12/h3-6,8,15,17H,7H2,1-2H3. The first-order valence-electron chi connectivity index (χ1n) is 5.69. The smallest absolute Gasteiger partial charge is 0.270 e. The summed E-state index contributed by atoms with van der Waals surface area (Å²) in [6.07, 6.45) is 0. The van der Waals surface area contributed by atoms with Crippen molar-refractivity contribution in [1.82, 2.24) is 9.88 Å². The van der Waals surface area contributed by atoms with E-state index in [9.17, 15) is 4.79 Å². The number of fused-ring (bicyclic) bond motifs is 1. The topological polar surface area (TPSA) is 56.3 Å². The number of nitrogens with one attached hydrogen (secondary N) is 1. The van der Waals surface area contributed by atoms with Gasteiger partial charge in [-0.2, -0.15) is 0 Å². The molecule has 0 spiro atoms. The van der Waals surface area contributed by atoms with Gasteiger partial charge in [0.1, 0.15) is 5.69 Å². The third kappa shape index (κ3) is 2.35. The van der Waals surface area contributed by atoms with Crippen molar-refractivity contribution in [3.05, 3.63) is 35.0 Å². The molecule has 96 valence electrons. The highest BCUT2D eigenvalue weighted by Crippen LogP contribution is 2.20. The van der Waals surface area contributed by atoms with Gasteiger partial charge in [-0.3, -0.25) is 4.79 Å². The van der Waals surface area contributed by atoms with Crippen molar-refractivity contribution in [3.63, 3.8) is 0 Å². The van der Waals surface area contributed by atoms with Gasteiger partial charge in [0.15, 0.2) is 0 Å². The summed E-state index contributed by atoms with van der Waals surface area (Å²) in [7, 11) is 1.67. The molecule has 1 heterocycles. The Bertz CT molecular complexity index is 579. The molecule has 4 nitrogen and oxygen atoms in total. The van der Waals surface area contributed by atoms with Crippen molar-refractivity contribution < 1.29 is 9.90 Å². The second kappa shape index (κ2) is 5.00. The molecule has 1 amide bonds. The summed E-state index contributed by atoms with van der Waals surface area (Å²) in [6.45, 7) is 1.73. The van der Waals surface area contributed by atoms with E-state index in [0.717, 1.165) is 10.9 Å². The quantitative estimate of drug-likeness (QED) is 0.895. The number of aliphatic hydroxyl groups is 1. The monoisotopic (exact) mass is 266 g/mol. The molecule has 1 aromatic heterocycles. The summed E-state index contributed by atoms with van der Waals surface area (Å²) < 4.78 is 0. The summed E-state index contributed by atoms with van der Waals surface area (Å²) in [4.78, 5) is 16.7. The summed E-state index contributed by atoms with van der Waals surface area (Å²) in [5.41, 5.74) is 1.32. The molecule has 18 heavy (non-hydrogen) atoms. The van der Waals surface area contributed by atoms with Gasteiger partial charge >= 0.3 is 0 Å². The van der Waals surface area contributed by atoms with E-state index in [4.69, 9.17) is 16.7 Å². The van der Waals surface area contributed by atoms with Gasteiger partial charge in [0.05, 0.1) is 12.6 Å². The molecule has 0 aliphatic rings. The van der Waals surface area contributed by atoms with Crippen LogP contribution in [-0.4, -0.2) is 40.6 Å². The minimum atomic E-state index is -0.215. The zero-order valence-corrected chi connectivity index (χ0v) is 11.0. The lowest BCUT2D eigenvalue weighted by Gasteiger charge is -2.22. The molecule has 1 aromatic carbocycles. The molecular weight excluding hydrogens is 252 g/mol. The van der Waals surface area contributed by atoms with E-state index >= 15 is 0 Å². The molecular formula is C13H15ClN2O2. The average molecular weight is 267 g/mol. The number of carbonyl (C=O) groups excluding carboxylic acids is 1. The number of aromatic nitrogens is 1. The maximum atomic E-state index is 12.2. The van der Waals surface area contributed by atoms with Gasteiger partial charge < -0.3 is 15.0 Å². The van der Waals surface area contributed by atoms with Crippen LogP contribution in [0.1, 0.15) is 17.4 Å². The van der Waals surface area contributed by atoms with Gasteiger partial charge in [-0.1, -0.05) is 17.7 Å². The Balaban J connectivity index is 2.33. The zero-order chi connectivity index (χ0) is 13.3. The van der Waals surface area contributed by atoms with Gasteiger partial charge in [0.2, 0.25) is 0 Å². The van der Waals surface area contributed by atoms with Gasteiger partial charge in [-0.25, -0.2) is 0 Å². The first kappa shape index (κ1) is 12.9. The number of hydrogen-bond donors (Lipinski definition) is 2. The van der Waals surface area contributed by atoms with Crippen LogP contribution in [0.5, 0.6) is 0 Å². The molecule has 0 aliphatic carbocycles. The molecule has 2 N–H and O–H groups in total. The third-order valence-corrected chi connectivity index (χ3v) is 3.30. The normalized spacial score (nSPS) is 12.7. The number of amides is 1.